The van der Waals surface area contributed by atoms with Crippen molar-refractivity contribution in [2.45, 2.75) is 39.3 Å². The third-order valence-electron chi connectivity index (χ3n) is 6.10. The molecule has 0 aliphatic rings. The smallest absolute Gasteiger partial charge is 0.133 e. The van der Waals surface area contributed by atoms with E-state index in [1.165, 1.54) is 17.2 Å². The molecule has 0 fully saturated rings. The van der Waals surface area contributed by atoms with Crippen LogP contribution in [0.1, 0.15) is 47.6 Å². The molecule has 0 unspecified atom stereocenters. The summed E-state index contributed by atoms with van der Waals surface area (Å²) in [5.41, 5.74) is 4.66. The number of halogens is 3. The van der Waals surface area contributed by atoms with Crippen LogP contribution in [0.5, 0.6) is 5.75 Å². The van der Waals surface area contributed by atoms with E-state index in [2.05, 4.69) is 29.2 Å². The Balaban J connectivity index is 1.68. The predicted octanol–water partition coefficient (Wildman–Crippen LogP) is 8.76. The molecule has 0 aromatic heterocycles. The second-order valence-corrected chi connectivity index (χ2v) is 9.83. The van der Waals surface area contributed by atoms with E-state index < -0.39 is 5.82 Å². The van der Waals surface area contributed by atoms with Gasteiger partial charge in [-0.05, 0) is 46.4 Å². The molecule has 0 aliphatic carbocycles. The van der Waals surface area contributed by atoms with Crippen LogP contribution in [0.3, 0.4) is 0 Å². The molecule has 4 aromatic rings. The molecule has 0 saturated carbocycles. The van der Waals surface area contributed by atoms with Crippen LogP contribution >= 0.6 is 23.2 Å². The van der Waals surface area contributed by atoms with Crippen LogP contribution < -0.4 is 4.90 Å². The third kappa shape index (κ3) is 5.98. The molecule has 2 nitrogen and oxygen atoms in total. The molecule has 180 valence electrons. The Kier molecular flexibility index (Phi) is 8.00. The number of anilines is 1. The highest BCUT2D eigenvalue weighted by molar-refractivity contribution is 6.36. The maximum Gasteiger partial charge on any atom is 0.133 e. The van der Waals surface area contributed by atoms with E-state index in [-0.39, 0.29) is 18.1 Å². The fourth-order valence-electron chi connectivity index (χ4n) is 4.29. The third-order valence-corrected chi connectivity index (χ3v) is 6.78. The van der Waals surface area contributed by atoms with Crippen molar-refractivity contribution in [1.82, 2.24) is 0 Å². The quantitative estimate of drug-likeness (QED) is 0.257. The fraction of sp³-hybridized carbons (Fsp3) is 0.200. The first-order chi connectivity index (χ1) is 16.8. The van der Waals surface area contributed by atoms with E-state index in [0.717, 1.165) is 5.69 Å². The Bertz CT molecular complexity index is 1230. The highest BCUT2D eigenvalue weighted by Crippen LogP contribution is 2.36. The standard InChI is InChI=1S/C30H28Cl2FNO/c1-20(2)29-28(35)14-13-23(30(29)33)15-25-26(31)16-24(17-27(25)32)34(18-21-9-5-3-6-10-21)19-22-11-7-4-8-12-22/h3-14,16-17,20,35H,15,18-19H2,1-2H3. The molecule has 35 heavy (non-hydrogen) atoms. The molecule has 1 N–H and O–H groups in total. The Morgan fingerprint density at radius 2 is 1.31 bits per heavy atom. The van der Waals surface area contributed by atoms with Crippen molar-refractivity contribution >= 4 is 28.9 Å². The van der Waals surface area contributed by atoms with Gasteiger partial charge in [-0.1, -0.05) is 104 Å². The number of hydrogen-bond acceptors (Lipinski definition) is 2. The average Bonchev–Trinajstić information content (AvgIpc) is 2.83. The zero-order chi connectivity index (χ0) is 24.9. The Hall–Kier alpha value is -3.01. The van der Waals surface area contributed by atoms with Crippen molar-refractivity contribution < 1.29 is 9.50 Å². The average molecular weight is 508 g/mol. The van der Waals surface area contributed by atoms with Gasteiger partial charge in [0.05, 0.1) is 0 Å². The molecule has 0 heterocycles. The van der Waals surface area contributed by atoms with Gasteiger partial charge in [0.25, 0.3) is 0 Å². The fourth-order valence-corrected chi connectivity index (χ4v) is 4.90. The lowest BCUT2D eigenvalue weighted by molar-refractivity contribution is 0.452. The first-order valence-electron chi connectivity index (χ1n) is 11.6. The van der Waals surface area contributed by atoms with Crippen LogP contribution in [0.15, 0.2) is 84.9 Å². The Morgan fingerprint density at radius 1 is 0.800 bits per heavy atom. The number of aromatic hydroxyl groups is 1. The topological polar surface area (TPSA) is 23.5 Å². The SMILES string of the molecule is CC(C)c1c(O)ccc(Cc2c(Cl)cc(N(Cc3ccccc3)Cc3ccccc3)cc2Cl)c1F. The first-order valence-corrected chi connectivity index (χ1v) is 12.4. The summed E-state index contributed by atoms with van der Waals surface area (Å²) in [6, 6.07) is 27.4. The number of phenolic OH excluding ortho intramolecular Hbond substituents is 1. The summed E-state index contributed by atoms with van der Waals surface area (Å²) in [7, 11) is 0. The van der Waals surface area contributed by atoms with Gasteiger partial charge in [0.15, 0.2) is 0 Å². The van der Waals surface area contributed by atoms with Crippen LogP contribution in [-0.4, -0.2) is 5.11 Å². The van der Waals surface area contributed by atoms with Crippen molar-refractivity contribution in [3.8, 4) is 5.75 Å². The van der Waals surface area contributed by atoms with E-state index in [9.17, 15) is 5.11 Å². The Labute approximate surface area is 216 Å². The van der Waals surface area contributed by atoms with E-state index >= 15 is 4.39 Å². The van der Waals surface area contributed by atoms with Crippen molar-refractivity contribution in [2.24, 2.45) is 0 Å². The molecule has 0 spiro atoms. The summed E-state index contributed by atoms with van der Waals surface area (Å²) in [5.74, 6) is -0.593. The molecule has 5 heteroatoms. The summed E-state index contributed by atoms with van der Waals surface area (Å²) in [4.78, 5) is 2.23. The lowest BCUT2D eigenvalue weighted by Gasteiger charge is -2.26. The lowest BCUT2D eigenvalue weighted by Crippen LogP contribution is -2.22. The molecular formula is C30H28Cl2FNO. The van der Waals surface area contributed by atoms with Gasteiger partial charge >= 0.3 is 0 Å². The van der Waals surface area contributed by atoms with E-state index in [4.69, 9.17) is 23.2 Å². The minimum absolute atomic E-state index is 0.0359. The van der Waals surface area contributed by atoms with Crippen LogP contribution in [0.2, 0.25) is 10.0 Å². The summed E-state index contributed by atoms with van der Waals surface area (Å²) < 4.78 is 15.2. The minimum Gasteiger partial charge on any atom is -0.508 e. The molecule has 0 saturated heterocycles. The van der Waals surface area contributed by atoms with Gasteiger partial charge < -0.3 is 10.0 Å². The molecule has 0 atom stereocenters. The Morgan fingerprint density at radius 3 is 1.80 bits per heavy atom. The number of rotatable bonds is 8. The van der Waals surface area contributed by atoms with Crippen LogP contribution in [0.25, 0.3) is 0 Å². The van der Waals surface area contributed by atoms with E-state index in [0.29, 0.717) is 39.8 Å². The van der Waals surface area contributed by atoms with Crippen LogP contribution in [0, 0.1) is 5.82 Å². The largest absolute Gasteiger partial charge is 0.508 e. The molecule has 0 amide bonds. The summed E-state index contributed by atoms with van der Waals surface area (Å²) in [6.45, 7) is 5.08. The maximum atomic E-state index is 15.2. The highest BCUT2D eigenvalue weighted by Gasteiger charge is 2.19. The number of nitrogens with zero attached hydrogens (tertiary/aromatic N) is 1. The molecule has 4 rings (SSSR count). The molecule has 4 aromatic carbocycles. The lowest BCUT2D eigenvalue weighted by atomic mass is 9.95. The molecule has 0 aliphatic heterocycles. The zero-order valence-electron chi connectivity index (χ0n) is 19.8. The monoisotopic (exact) mass is 507 g/mol. The highest BCUT2D eigenvalue weighted by atomic mass is 35.5. The number of phenols is 1. The van der Waals surface area contributed by atoms with Crippen LogP contribution in [-0.2, 0) is 19.5 Å². The predicted molar refractivity (Wildman–Crippen MR) is 144 cm³/mol. The van der Waals surface area contributed by atoms with Gasteiger partial charge in [0, 0.05) is 40.8 Å². The second-order valence-electron chi connectivity index (χ2n) is 9.02. The van der Waals surface area contributed by atoms with Crippen molar-refractivity contribution in [2.75, 3.05) is 4.90 Å². The zero-order valence-corrected chi connectivity index (χ0v) is 21.3. The number of benzene rings is 4. The van der Waals surface area contributed by atoms with Crippen molar-refractivity contribution in [1.29, 1.82) is 0 Å². The second kappa shape index (κ2) is 11.2. The summed E-state index contributed by atoms with van der Waals surface area (Å²) in [6.07, 6.45) is 0.237. The summed E-state index contributed by atoms with van der Waals surface area (Å²) >= 11 is 13.5. The van der Waals surface area contributed by atoms with Crippen LogP contribution in [0.4, 0.5) is 10.1 Å². The van der Waals surface area contributed by atoms with E-state index in [1.807, 2.05) is 62.4 Å². The van der Waals surface area contributed by atoms with Crippen molar-refractivity contribution in [3.05, 3.63) is 129 Å². The normalized spacial score (nSPS) is 11.1. The van der Waals surface area contributed by atoms with Crippen molar-refractivity contribution in [3.63, 3.8) is 0 Å². The maximum absolute atomic E-state index is 15.2. The number of hydrogen-bond donors (Lipinski definition) is 1. The van der Waals surface area contributed by atoms with Gasteiger partial charge in [-0.2, -0.15) is 0 Å². The molecular weight excluding hydrogens is 480 g/mol. The van der Waals surface area contributed by atoms with Gasteiger partial charge in [-0.25, -0.2) is 4.39 Å². The van der Waals surface area contributed by atoms with Gasteiger partial charge in [0.1, 0.15) is 11.6 Å². The molecule has 0 radical (unpaired) electrons. The first kappa shape index (κ1) is 25.1. The minimum atomic E-state index is -0.411. The molecule has 0 bridgehead atoms. The van der Waals surface area contributed by atoms with Gasteiger partial charge in [-0.15, -0.1) is 0 Å². The summed E-state index contributed by atoms with van der Waals surface area (Å²) in [5, 5.41) is 11.1. The van der Waals surface area contributed by atoms with E-state index in [1.54, 1.807) is 6.07 Å². The van der Waals surface area contributed by atoms with Gasteiger partial charge in [0.2, 0.25) is 0 Å². The van der Waals surface area contributed by atoms with Gasteiger partial charge in [-0.3, -0.25) is 0 Å².